The minimum absolute atomic E-state index is 0.629. The van der Waals surface area contributed by atoms with E-state index >= 15 is 0 Å². The number of unbranched alkanes of at least 4 members (excludes halogenated alkanes) is 2. The van der Waals surface area contributed by atoms with Crippen molar-refractivity contribution in [2.75, 3.05) is 13.1 Å². The molecule has 0 aliphatic heterocycles. The van der Waals surface area contributed by atoms with E-state index in [9.17, 15) is 0 Å². The molecule has 2 heteroatoms. The zero-order chi connectivity index (χ0) is 13.3. The topological polar surface area (TPSA) is 15.3 Å². The van der Waals surface area contributed by atoms with Crippen LogP contribution in [0.1, 0.15) is 67.2 Å². The maximum atomic E-state index is 3.62. The van der Waals surface area contributed by atoms with Crippen LogP contribution in [0.15, 0.2) is 0 Å². The zero-order valence-corrected chi connectivity index (χ0v) is 12.9. The second-order valence-electron chi connectivity index (χ2n) is 5.35. The summed E-state index contributed by atoms with van der Waals surface area (Å²) in [6.45, 7) is 16.1. The Morgan fingerprint density at radius 2 is 1.65 bits per heavy atom. The van der Waals surface area contributed by atoms with Crippen molar-refractivity contribution < 1.29 is 0 Å². The summed E-state index contributed by atoms with van der Waals surface area (Å²) >= 11 is 0. The minimum atomic E-state index is 0.629. The van der Waals surface area contributed by atoms with Gasteiger partial charge >= 0.3 is 0 Å². The van der Waals surface area contributed by atoms with E-state index < -0.39 is 0 Å². The summed E-state index contributed by atoms with van der Waals surface area (Å²) in [4.78, 5) is 2.66. The molecule has 0 aromatic heterocycles. The monoisotopic (exact) mass is 242 g/mol. The van der Waals surface area contributed by atoms with Crippen LogP contribution in [-0.4, -0.2) is 36.1 Å². The molecule has 0 fully saturated rings. The molecular formula is C15H34N2. The fraction of sp³-hybridized carbons (Fsp3) is 1.00. The first-order valence-corrected chi connectivity index (χ1v) is 7.57. The lowest BCUT2D eigenvalue weighted by atomic mass is 10.0. The highest BCUT2D eigenvalue weighted by Crippen LogP contribution is 2.13. The van der Waals surface area contributed by atoms with Gasteiger partial charge in [-0.15, -0.1) is 0 Å². The molecule has 0 amide bonds. The Labute approximate surface area is 109 Å². The molecule has 17 heavy (non-hydrogen) atoms. The normalized spacial score (nSPS) is 15.5. The number of hydrogen-bond acceptors (Lipinski definition) is 2. The number of rotatable bonds is 10. The first-order chi connectivity index (χ1) is 8.08. The molecule has 2 unspecified atom stereocenters. The summed E-state index contributed by atoms with van der Waals surface area (Å²) in [5, 5.41) is 3.62. The largest absolute Gasteiger partial charge is 0.313 e. The molecule has 0 rings (SSSR count). The Balaban J connectivity index is 4.34. The van der Waals surface area contributed by atoms with Crippen LogP contribution in [0.3, 0.4) is 0 Å². The van der Waals surface area contributed by atoms with Crippen LogP contribution < -0.4 is 5.32 Å². The van der Waals surface area contributed by atoms with Gasteiger partial charge in [0.15, 0.2) is 0 Å². The van der Waals surface area contributed by atoms with E-state index in [1.165, 1.54) is 32.2 Å². The van der Waals surface area contributed by atoms with Crippen LogP contribution in [0, 0.1) is 0 Å². The highest BCUT2D eigenvalue weighted by atomic mass is 15.2. The predicted molar refractivity (Wildman–Crippen MR) is 78.6 cm³/mol. The van der Waals surface area contributed by atoms with Crippen LogP contribution in [0.4, 0.5) is 0 Å². The second-order valence-corrected chi connectivity index (χ2v) is 5.35. The van der Waals surface area contributed by atoms with Crippen molar-refractivity contribution in [3.63, 3.8) is 0 Å². The first-order valence-electron chi connectivity index (χ1n) is 7.57. The van der Waals surface area contributed by atoms with E-state index in [0.29, 0.717) is 18.1 Å². The molecule has 104 valence electrons. The zero-order valence-electron chi connectivity index (χ0n) is 12.9. The fourth-order valence-electron chi connectivity index (χ4n) is 2.63. The maximum absolute atomic E-state index is 3.62. The highest BCUT2D eigenvalue weighted by molar-refractivity contribution is 4.81. The lowest BCUT2D eigenvalue weighted by Gasteiger charge is -2.37. The summed E-state index contributed by atoms with van der Waals surface area (Å²) in [5.74, 6) is 0. The number of likely N-dealkylation sites (N-methyl/N-ethyl adjacent to an activating group) is 1. The van der Waals surface area contributed by atoms with E-state index in [0.717, 1.165) is 6.54 Å². The lowest BCUT2D eigenvalue weighted by Crippen LogP contribution is -2.51. The molecule has 1 N–H and O–H groups in total. The van der Waals surface area contributed by atoms with Gasteiger partial charge in [-0.2, -0.15) is 0 Å². The lowest BCUT2D eigenvalue weighted by molar-refractivity contribution is 0.127. The van der Waals surface area contributed by atoms with Crippen LogP contribution in [-0.2, 0) is 0 Å². The van der Waals surface area contributed by atoms with Crippen molar-refractivity contribution in [1.29, 1.82) is 0 Å². The Bertz CT molecular complexity index is 168. The Hall–Kier alpha value is -0.0800. The predicted octanol–water partition coefficient (Wildman–Crippen LogP) is 3.66. The van der Waals surface area contributed by atoms with E-state index in [4.69, 9.17) is 0 Å². The molecule has 0 aliphatic carbocycles. The molecule has 0 aromatic rings. The SMILES string of the molecule is CCCCCN(C(C)C)C(C)C(CC)NCC. The first kappa shape index (κ1) is 16.9. The number of nitrogens with one attached hydrogen (secondary N) is 1. The van der Waals surface area contributed by atoms with Gasteiger partial charge in [-0.05, 0) is 46.7 Å². The molecule has 0 saturated carbocycles. The quantitative estimate of drug-likeness (QED) is 0.588. The van der Waals surface area contributed by atoms with Gasteiger partial charge < -0.3 is 5.32 Å². The highest BCUT2D eigenvalue weighted by Gasteiger charge is 2.23. The third-order valence-corrected chi connectivity index (χ3v) is 3.69. The average molecular weight is 242 g/mol. The van der Waals surface area contributed by atoms with Gasteiger partial charge in [0.05, 0.1) is 0 Å². The molecule has 0 spiro atoms. The second kappa shape index (κ2) is 9.90. The van der Waals surface area contributed by atoms with Gasteiger partial charge in [-0.1, -0.05) is 33.6 Å². The molecule has 0 bridgehead atoms. The van der Waals surface area contributed by atoms with Crippen molar-refractivity contribution in [1.82, 2.24) is 10.2 Å². The van der Waals surface area contributed by atoms with Gasteiger partial charge in [-0.25, -0.2) is 0 Å². The summed E-state index contributed by atoms with van der Waals surface area (Å²) in [5.41, 5.74) is 0. The molecule has 0 aliphatic rings. The molecule has 0 aromatic carbocycles. The summed E-state index contributed by atoms with van der Waals surface area (Å²) in [7, 11) is 0. The van der Waals surface area contributed by atoms with Crippen molar-refractivity contribution >= 4 is 0 Å². The summed E-state index contributed by atoms with van der Waals surface area (Å²) in [6, 6.07) is 1.91. The van der Waals surface area contributed by atoms with Crippen molar-refractivity contribution in [2.45, 2.75) is 85.4 Å². The number of hydrogen-bond donors (Lipinski definition) is 1. The van der Waals surface area contributed by atoms with Crippen molar-refractivity contribution in [2.24, 2.45) is 0 Å². The summed E-state index contributed by atoms with van der Waals surface area (Å²) < 4.78 is 0. The Kier molecular flexibility index (Phi) is 9.85. The van der Waals surface area contributed by atoms with Crippen LogP contribution in [0.25, 0.3) is 0 Å². The molecule has 2 atom stereocenters. The Morgan fingerprint density at radius 3 is 2.06 bits per heavy atom. The molecule has 0 heterocycles. The number of nitrogens with zero attached hydrogens (tertiary/aromatic N) is 1. The van der Waals surface area contributed by atoms with Gasteiger partial charge in [0, 0.05) is 18.1 Å². The Morgan fingerprint density at radius 1 is 1.00 bits per heavy atom. The van der Waals surface area contributed by atoms with Crippen LogP contribution in [0.5, 0.6) is 0 Å². The minimum Gasteiger partial charge on any atom is -0.313 e. The molecule has 0 saturated heterocycles. The van der Waals surface area contributed by atoms with Crippen molar-refractivity contribution in [3.8, 4) is 0 Å². The fourth-order valence-corrected chi connectivity index (χ4v) is 2.63. The third-order valence-electron chi connectivity index (χ3n) is 3.69. The van der Waals surface area contributed by atoms with E-state index in [2.05, 4.69) is 51.8 Å². The molecular weight excluding hydrogens is 208 g/mol. The average Bonchev–Trinajstić information content (AvgIpc) is 2.30. The van der Waals surface area contributed by atoms with Crippen LogP contribution >= 0.6 is 0 Å². The van der Waals surface area contributed by atoms with Gasteiger partial charge in [0.1, 0.15) is 0 Å². The van der Waals surface area contributed by atoms with E-state index in [-0.39, 0.29) is 0 Å². The van der Waals surface area contributed by atoms with E-state index in [1.807, 2.05) is 0 Å². The standard InChI is InChI=1S/C15H34N2/c1-7-10-11-12-17(13(4)5)14(6)15(8-2)16-9-3/h13-16H,7-12H2,1-6H3. The van der Waals surface area contributed by atoms with Crippen LogP contribution in [0.2, 0.25) is 0 Å². The molecule has 0 radical (unpaired) electrons. The van der Waals surface area contributed by atoms with Gasteiger partial charge in [-0.3, -0.25) is 4.90 Å². The van der Waals surface area contributed by atoms with E-state index in [1.54, 1.807) is 0 Å². The van der Waals surface area contributed by atoms with Gasteiger partial charge in [0.25, 0.3) is 0 Å². The third kappa shape index (κ3) is 6.42. The van der Waals surface area contributed by atoms with Gasteiger partial charge in [0.2, 0.25) is 0 Å². The summed E-state index contributed by atoms with van der Waals surface area (Å²) in [6.07, 6.45) is 5.21. The smallest absolute Gasteiger partial charge is 0.0223 e. The van der Waals surface area contributed by atoms with Crippen molar-refractivity contribution in [3.05, 3.63) is 0 Å². The maximum Gasteiger partial charge on any atom is 0.0223 e. The molecule has 2 nitrogen and oxygen atoms in total.